The first-order valence-corrected chi connectivity index (χ1v) is 8.37. The molecule has 3 heteroatoms. The molecule has 0 aliphatic carbocycles. The van der Waals surface area contributed by atoms with Crippen molar-refractivity contribution < 1.29 is 4.74 Å². The fraction of sp³-hybridized carbons (Fsp3) is 1.00. The van der Waals surface area contributed by atoms with Gasteiger partial charge >= 0.3 is 0 Å². The van der Waals surface area contributed by atoms with Crippen LogP contribution in [0, 0.1) is 5.92 Å². The van der Waals surface area contributed by atoms with Crippen molar-refractivity contribution in [3.63, 3.8) is 0 Å². The van der Waals surface area contributed by atoms with Gasteiger partial charge in [-0.1, -0.05) is 39.5 Å². The van der Waals surface area contributed by atoms with Gasteiger partial charge in [-0.25, -0.2) is 0 Å². The molecule has 0 atom stereocenters. The van der Waals surface area contributed by atoms with Crippen molar-refractivity contribution in [1.82, 2.24) is 9.80 Å². The third-order valence-corrected chi connectivity index (χ3v) is 4.75. The number of morpholine rings is 1. The summed E-state index contributed by atoms with van der Waals surface area (Å²) in [4.78, 5) is 5.27. The second-order valence-corrected chi connectivity index (χ2v) is 6.29. The Balaban J connectivity index is 1.58. The van der Waals surface area contributed by atoms with E-state index < -0.39 is 0 Å². The Labute approximate surface area is 119 Å². The molecule has 0 radical (unpaired) electrons. The predicted molar refractivity (Wildman–Crippen MR) is 80.5 cm³/mol. The molecule has 2 saturated heterocycles. The molecule has 0 bridgehead atoms. The van der Waals surface area contributed by atoms with Crippen molar-refractivity contribution in [2.45, 2.75) is 52.0 Å². The van der Waals surface area contributed by atoms with E-state index in [0.717, 1.165) is 38.3 Å². The van der Waals surface area contributed by atoms with Gasteiger partial charge in [0.1, 0.15) is 0 Å². The van der Waals surface area contributed by atoms with Gasteiger partial charge in [-0.2, -0.15) is 0 Å². The summed E-state index contributed by atoms with van der Waals surface area (Å²) >= 11 is 0. The van der Waals surface area contributed by atoms with Gasteiger partial charge in [-0.3, -0.25) is 4.90 Å². The number of ether oxygens (including phenoxy) is 1. The highest BCUT2D eigenvalue weighted by Crippen LogP contribution is 2.21. The summed E-state index contributed by atoms with van der Waals surface area (Å²) in [5.74, 6) is 0.970. The summed E-state index contributed by atoms with van der Waals surface area (Å²) in [5, 5.41) is 0. The fourth-order valence-corrected chi connectivity index (χ4v) is 3.51. The minimum atomic E-state index is 0.819. The van der Waals surface area contributed by atoms with Crippen molar-refractivity contribution in [3.05, 3.63) is 0 Å². The highest BCUT2D eigenvalue weighted by Gasteiger charge is 2.32. The van der Waals surface area contributed by atoms with Crippen LogP contribution < -0.4 is 0 Å². The van der Waals surface area contributed by atoms with E-state index in [2.05, 4.69) is 23.6 Å². The van der Waals surface area contributed by atoms with Gasteiger partial charge in [-0.05, 0) is 18.9 Å². The Morgan fingerprint density at radius 2 is 1.63 bits per heavy atom. The van der Waals surface area contributed by atoms with Crippen molar-refractivity contribution in [2.24, 2.45) is 5.92 Å². The number of hydrogen-bond donors (Lipinski definition) is 0. The molecular formula is C16H32N2O. The molecule has 112 valence electrons. The van der Waals surface area contributed by atoms with Crippen molar-refractivity contribution in [1.29, 1.82) is 0 Å². The number of hydrogen-bond acceptors (Lipinski definition) is 3. The van der Waals surface area contributed by atoms with Crippen LogP contribution in [0.15, 0.2) is 0 Å². The third-order valence-electron chi connectivity index (χ3n) is 4.75. The van der Waals surface area contributed by atoms with Gasteiger partial charge in [0.25, 0.3) is 0 Å². The molecule has 3 nitrogen and oxygen atoms in total. The summed E-state index contributed by atoms with van der Waals surface area (Å²) in [6, 6.07) is 0.819. The largest absolute Gasteiger partial charge is 0.379 e. The lowest BCUT2D eigenvalue weighted by Gasteiger charge is -2.47. The molecule has 0 amide bonds. The first-order chi connectivity index (χ1) is 9.33. The topological polar surface area (TPSA) is 15.7 Å². The lowest BCUT2D eigenvalue weighted by Crippen LogP contribution is -2.61. The average Bonchev–Trinajstić information content (AvgIpc) is 2.38. The van der Waals surface area contributed by atoms with Crippen molar-refractivity contribution in [3.8, 4) is 0 Å². The summed E-state index contributed by atoms with van der Waals surface area (Å²) in [7, 11) is 0. The Morgan fingerprint density at radius 3 is 2.21 bits per heavy atom. The average molecular weight is 268 g/mol. The summed E-state index contributed by atoms with van der Waals surface area (Å²) < 4.78 is 5.42. The second kappa shape index (κ2) is 8.23. The van der Waals surface area contributed by atoms with Crippen LogP contribution in [-0.2, 0) is 4.74 Å². The van der Waals surface area contributed by atoms with E-state index in [9.17, 15) is 0 Å². The fourth-order valence-electron chi connectivity index (χ4n) is 3.51. The van der Waals surface area contributed by atoms with Crippen molar-refractivity contribution in [2.75, 3.05) is 45.9 Å². The smallest absolute Gasteiger partial charge is 0.0594 e. The Morgan fingerprint density at radius 1 is 1.00 bits per heavy atom. The quantitative estimate of drug-likeness (QED) is 0.673. The molecule has 2 aliphatic heterocycles. The zero-order chi connectivity index (χ0) is 13.5. The van der Waals surface area contributed by atoms with Gasteiger partial charge in [0.2, 0.25) is 0 Å². The van der Waals surface area contributed by atoms with E-state index in [1.54, 1.807) is 0 Å². The Kier molecular flexibility index (Phi) is 6.62. The molecule has 0 saturated carbocycles. The highest BCUT2D eigenvalue weighted by atomic mass is 16.5. The summed E-state index contributed by atoms with van der Waals surface area (Å²) in [6.45, 7) is 12.7. The van der Waals surface area contributed by atoms with Crippen LogP contribution in [0.1, 0.15) is 46.0 Å². The normalized spacial score (nSPS) is 22.9. The monoisotopic (exact) mass is 268 g/mol. The SMILES string of the molecule is CCCC(CCC)CCN1CC(N2CCOCC2)C1. The lowest BCUT2D eigenvalue weighted by molar-refractivity contribution is -0.0332. The van der Waals surface area contributed by atoms with E-state index in [4.69, 9.17) is 4.74 Å². The molecule has 0 N–H and O–H groups in total. The molecule has 2 heterocycles. The first kappa shape index (κ1) is 15.3. The molecule has 19 heavy (non-hydrogen) atoms. The standard InChI is InChI=1S/C16H32N2O/c1-3-5-15(6-4-2)7-8-17-13-16(14-17)18-9-11-19-12-10-18/h15-16H,3-14H2,1-2H3. The van der Waals surface area contributed by atoms with Crippen LogP contribution in [0.4, 0.5) is 0 Å². The van der Waals surface area contributed by atoms with Crippen molar-refractivity contribution >= 4 is 0 Å². The van der Waals surface area contributed by atoms with Gasteiger partial charge in [0.05, 0.1) is 13.2 Å². The molecule has 0 aromatic rings. The molecule has 2 rings (SSSR count). The maximum absolute atomic E-state index is 5.42. The van der Waals surface area contributed by atoms with Gasteiger partial charge in [-0.15, -0.1) is 0 Å². The van der Waals surface area contributed by atoms with E-state index >= 15 is 0 Å². The van der Waals surface area contributed by atoms with E-state index in [-0.39, 0.29) is 0 Å². The second-order valence-electron chi connectivity index (χ2n) is 6.29. The van der Waals surface area contributed by atoms with Crippen LogP contribution in [0.5, 0.6) is 0 Å². The van der Waals surface area contributed by atoms with E-state index in [1.165, 1.54) is 51.7 Å². The number of nitrogens with zero attached hydrogens (tertiary/aromatic N) is 2. The number of rotatable bonds is 8. The predicted octanol–water partition coefficient (Wildman–Crippen LogP) is 2.61. The molecule has 2 fully saturated rings. The molecule has 0 spiro atoms. The minimum Gasteiger partial charge on any atom is -0.379 e. The summed E-state index contributed by atoms with van der Waals surface area (Å²) in [6.07, 6.45) is 6.96. The van der Waals surface area contributed by atoms with Gasteiger partial charge in [0, 0.05) is 32.2 Å². The zero-order valence-electron chi connectivity index (χ0n) is 12.9. The molecule has 2 aliphatic rings. The number of likely N-dealkylation sites (tertiary alicyclic amines) is 1. The van der Waals surface area contributed by atoms with Gasteiger partial charge < -0.3 is 9.64 Å². The van der Waals surface area contributed by atoms with Crippen LogP contribution in [-0.4, -0.2) is 61.8 Å². The maximum Gasteiger partial charge on any atom is 0.0594 e. The zero-order valence-corrected chi connectivity index (χ0v) is 12.9. The van der Waals surface area contributed by atoms with Crippen LogP contribution in [0.3, 0.4) is 0 Å². The highest BCUT2D eigenvalue weighted by molar-refractivity contribution is 4.88. The van der Waals surface area contributed by atoms with Crippen LogP contribution >= 0.6 is 0 Å². The third kappa shape index (κ3) is 4.73. The summed E-state index contributed by atoms with van der Waals surface area (Å²) in [5.41, 5.74) is 0. The molecule has 0 aromatic heterocycles. The maximum atomic E-state index is 5.42. The van der Waals surface area contributed by atoms with Crippen LogP contribution in [0.25, 0.3) is 0 Å². The molecule has 0 aromatic carbocycles. The Hall–Kier alpha value is -0.120. The molecule has 0 unspecified atom stereocenters. The first-order valence-electron chi connectivity index (χ1n) is 8.37. The minimum absolute atomic E-state index is 0.819. The molecular weight excluding hydrogens is 236 g/mol. The van der Waals surface area contributed by atoms with Crippen LogP contribution in [0.2, 0.25) is 0 Å². The lowest BCUT2D eigenvalue weighted by atomic mass is 9.93. The van der Waals surface area contributed by atoms with E-state index in [0.29, 0.717) is 0 Å². The van der Waals surface area contributed by atoms with E-state index in [1.807, 2.05) is 0 Å². The van der Waals surface area contributed by atoms with Gasteiger partial charge in [0.15, 0.2) is 0 Å². The Bertz CT molecular complexity index is 229.